The molecule has 15 heteroatoms. The first-order valence-electron chi connectivity index (χ1n) is 13.9. The van der Waals surface area contributed by atoms with Crippen LogP contribution in [0.1, 0.15) is 59.0 Å². The van der Waals surface area contributed by atoms with Crippen molar-refractivity contribution in [3.05, 3.63) is 64.7 Å². The van der Waals surface area contributed by atoms with Crippen molar-refractivity contribution in [2.45, 2.75) is 63.1 Å². The molecule has 5 rings (SSSR count). The molecule has 2 aromatic rings. The Labute approximate surface area is 257 Å². The number of carbonyl (C=O) groups is 5. The standard InChI is InChI=1S/C21H27N5OS.2C4H4O4/c1-13-24-25-21(28-13)23-20(27)15-4-2-3-14(11-15)18-12-19(18)22-16-7-9-26(10-8-16)17-5-6-17;2*5-3(6)1-2-4(7)8/h2-4,11,16-19,22H,5-10,12H2,1H3,(H,23,25,27);2*1-2H,(H,5,6)(H,7,8)/b;2*2-1+. The van der Waals surface area contributed by atoms with Crippen molar-refractivity contribution in [2.24, 2.45) is 0 Å². The minimum atomic E-state index is -1.26. The number of benzene rings is 1. The van der Waals surface area contributed by atoms with E-state index in [1.807, 2.05) is 25.1 Å². The summed E-state index contributed by atoms with van der Waals surface area (Å²) in [5.41, 5.74) is 1.95. The van der Waals surface area contributed by atoms with Gasteiger partial charge in [0, 0.05) is 53.9 Å². The fraction of sp³-hybridized carbons (Fsp3) is 0.414. The number of hydrogen-bond acceptors (Lipinski definition) is 10. The molecule has 2 unspecified atom stereocenters. The predicted molar refractivity (Wildman–Crippen MR) is 160 cm³/mol. The van der Waals surface area contributed by atoms with Gasteiger partial charge in [-0.05, 0) is 69.8 Å². The van der Waals surface area contributed by atoms with Gasteiger partial charge in [-0.25, -0.2) is 19.2 Å². The number of piperidine rings is 1. The first-order valence-corrected chi connectivity index (χ1v) is 14.7. The number of nitrogens with zero attached hydrogens (tertiary/aromatic N) is 3. The van der Waals surface area contributed by atoms with Crippen LogP contribution < -0.4 is 10.6 Å². The number of aromatic nitrogens is 2. The van der Waals surface area contributed by atoms with Gasteiger partial charge in [0.25, 0.3) is 5.91 Å². The molecule has 2 heterocycles. The third-order valence-corrected chi connectivity index (χ3v) is 7.65. The number of aryl methyl sites for hydroxylation is 1. The topological polar surface area (TPSA) is 219 Å². The molecule has 6 N–H and O–H groups in total. The fourth-order valence-corrected chi connectivity index (χ4v) is 5.22. The number of anilines is 1. The molecule has 1 amide bonds. The van der Waals surface area contributed by atoms with Gasteiger partial charge in [0.1, 0.15) is 5.01 Å². The van der Waals surface area contributed by atoms with Gasteiger partial charge in [0.15, 0.2) is 0 Å². The molecule has 3 aliphatic rings. The molecule has 0 spiro atoms. The zero-order chi connectivity index (χ0) is 32.2. The molecule has 1 aromatic carbocycles. The highest BCUT2D eigenvalue weighted by Gasteiger charge is 2.40. The lowest BCUT2D eigenvalue weighted by atomic mass is 10.0. The lowest BCUT2D eigenvalue weighted by Crippen LogP contribution is -2.44. The summed E-state index contributed by atoms with van der Waals surface area (Å²) in [5, 5.41) is 47.3. The van der Waals surface area contributed by atoms with Crippen LogP contribution in [0.5, 0.6) is 0 Å². The van der Waals surface area contributed by atoms with E-state index in [0.717, 1.165) is 11.0 Å². The average Bonchev–Trinajstić information content (AvgIpc) is 3.91. The second-order valence-corrected chi connectivity index (χ2v) is 11.6. The van der Waals surface area contributed by atoms with Crippen LogP contribution in [0.3, 0.4) is 0 Å². The summed E-state index contributed by atoms with van der Waals surface area (Å²) in [6.07, 6.45) is 8.75. The molecule has 44 heavy (non-hydrogen) atoms. The first kappa shape index (κ1) is 34.0. The summed E-state index contributed by atoms with van der Waals surface area (Å²) in [7, 11) is 0. The van der Waals surface area contributed by atoms with Gasteiger partial charge < -0.3 is 30.6 Å². The summed E-state index contributed by atoms with van der Waals surface area (Å²) in [6, 6.07) is 10.1. The number of carbonyl (C=O) groups excluding carboxylic acids is 1. The van der Waals surface area contributed by atoms with Crippen LogP contribution in [0.4, 0.5) is 5.13 Å². The normalized spacial score (nSPS) is 19.8. The Bertz CT molecular complexity index is 1330. The molecule has 0 bridgehead atoms. The quantitative estimate of drug-likeness (QED) is 0.208. The van der Waals surface area contributed by atoms with Crippen LogP contribution in [-0.4, -0.2) is 96.5 Å². The lowest BCUT2D eigenvalue weighted by Gasteiger charge is -2.32. The first-order chi connectivity index (χ1) is 20.9. The minimum Gasteiger partial charge on any atom is -0.478 e. The van der Waals surface area contributed by atoms with Crippen LogP contribution in [0.15, 0.2) is 48.6 Å². The van der Waals surface area contributed by atoms with Crippen LogP contribution in [0.25, 0.3) is 0 Å². The van der Waals surface area contributed by atoms with Crippen LogP contribution in [0, 0.1) is 6.92 Å². The van der Waals surface area contributed by atoms with E-state index < -0.39 is 23.9 Å². The zero-order valence-corrected chi connectivity index (χ0v) is 24.8. The van der Waals surface area contributed by atoms with Crippen LogP contribution >= 0.6 is 11.3 Å². The highest BCUT2D eigenvalue weighted by Crippen LogP contribution is 2.42. The number of amides is 1. The number of likely N-dealkylation sites (tertiary alicyclic amines) is 1. The molecule has 0 radical (unpaired) electrons. The van der Waals surface area contributed by atoms with Gasteiger partial charge in [-0.15, -0.1) is 10.2 Å². The monoisotopic (exact) mass is 629 g/mol. The van der Waals surface area contributed by atoms with E-state index in [1.165, 1.54) is 62.1 Å². The van der Waals surface area contributed by atoms with Crippen molar-refractivity contribution < 1.29 is 44.4 Å². The van der Waals surface area contributed by atoms with Crippen molar-refractivity contribution in [3.63, 3.8) is 0 Å². The summed E-state index contributed by atoms with van der Waals surface area (Å²) >= 11 is 1.39. The molecule has 14 nitrogen and oxygen atoms in total. The summed E-state index contributed by atoms with van der Waals surface area (Å²) in [6.45, 7) is 4.38. The van der Waals surface area contributed by atoms with Gasteiger partial charge in [-0.3, -0.25) is 10.1 Å². The molecule has 1 saturated heterocycles. The summed E-state index contributed by atoms with van der Waals surface area (Å²) < 4.78 is 0. The summed E-state index contributed by atoms with van der Waals surface area (Å²) in [5.74, 6) is -4.62. The van der Waals surface area contributed by atoms with Crippen molar-refractivity contribution in [3.8, 4) is 0 Å². The molecular formula is C29H35N5O9S. The second kappa shape index (κ2) is 16.4. The molecule has 2 saturated carbocycles. The molecular weight excluding hydrogens is 594 g/mol. The molecule has 3 fully saturated rings. The highest BCUT2D eigenvalue weighted by atomic mass is 32.1. The number of carboxylic acid groups (broad SMARTS) is 4. The molecule has 1 aliphatic heterocycles. The van der Waals surface area contributed by atoms with Crippen molar-refractivity contribution in [1.82, 2.24) is 20.4 Å². The minimum absolute atomic E-state index is 0.115. The maximum Gasteiger partial charge on any atom is 0.328 e. The summed E-state index contributed by atoms with van der Waals surface area (Å²) in [4.78, 5) is 53.4. The van der Waals surface area contributed by atoms with E-state index in [1.54, 1.807) is 0 Å². The maximum atomic E-state index is 12.5. The number of carboxylic acids is 4. The smallest absolute Gasteiger partial charge is 0.328 e. The Morgan fingerprint density at radius 1 is 0.864 bits per heavy atom. The van der Waals surface area contributed by atoms with Crippen LogP contribution in [0.2, 0.25) is 0 Å². The lowest BCUT2D eigenvalue weighted by molar-refractivity contribution is -0.134. The molecule has 1 aromatic heterocycles. The third kappa shape index (κ3) is 12.4. The largest absolute Gasteiger partial charge is 0.478 e. The van der Waals surface area contributed by atoms with Crippen molar-refractivity contribution in [1.29, 1.82) is 0 Å². The van der Waals surface area contributed by atoms with E-state index >= 15 is 0 Å². The molecule has 236 valence electrons. The predicted octanol–water partition coefficient (Wildman–Crippen LogP) is 2.59. The number of hydrogen-bond donors (Lipinski definition) is 6. The third-order valence-electron chi connectivity index (χ3n) is 6.89. The Hall–Kier alpha value is -4.47. The Morgan fingerprint density at radius 3 is 1.91 bits per heavy atom. The fourth-order valence-electron chi connectivity index (χ4n) is 4.63. The Balaban J connectivity index is 0.000000275. The average molecular weight is 630 g/mol. The number of aliphatic carboxylic acids is 4. The second-order valence-electron chi connectivity index (χ2n) is 10.4. The van der Waals surface area contributed by atoms with Gasteiger partial charge in [-0.1, -0.05) is 23.5 Å². The van der Waals surface area contributed by atoms with Gasteiger partial charge in [0.2, 0.25) is 5.13 Å². The van der Waals surface area contributed by atoms with Gasteiger partial charge in [0.05, 0.1) is 0 Å². The molecule has 2 atom stereocenters. The van der Waals surface area contributed by atoms with Gasteiger partial charge in [-0.2, -0.15) is 0 Å². The maximum absolute atomic E-state index is 12.5. The van der Waals surface area contributed by atoms with E-state index in [9.17, 15) is 24.0 Å². The Kier molecular flexibility index (Phi) is 12.7. The van der Waals surface area contributed by atoms with E-state index in [4.69, 9.17) is 20.4 Å². The van der Waals surface area contributed by atoms with E-state index in [2.05, 4.69) is 31.8 Å². The Morgan fingerprint density at radius 2 is 1.43 bits per heavy atom. The highest BCUT2D eigenvalue weighted by molar-refractivity contribution is 7.15. The number of rotatable bonds is 10. The van der Waals surface area contributed by atoms with Crippen LogP contribution in [-0.2, 0) is 19.2 Å². The zero-order valence-electron chi connectivity index (χ0n) is 24.0. The van der Waals surface area contributed by atoms with E-state index in [-0.39, 0.29) is 5.91 Å². The molecule has 2 aliphatic carbocycles. The van der Waals surface area contributed by atoms with Crippen molar-refractivity contribution in [2.75, 3.05) is 18.4 Å². The van der Waals surface area contributed by atoms with Crippen molar-refractivity contribution >= 4 is 46.3 Å². The number of nitrogens with one attached hydrogen (secondary N) is 2. The SMILES string of the molecule is Cc1nnc(NC(=O)c2cccc(C3CC3NC3CCN(C4CC4)CC3)c2)s1.O=C(O)/C=C/C(=O)O.O=C(O)/C=C/C(=O)O. The van der Waals surface area contributed by atoms with Gasteiger partial charge >= 0.3 is 23.9 Å². The van der Waals surface area contributed by atoms with E-state index in [0.29, 0.717) is 53.0 Å².